The van der Waals surface area contributed by atoms with Gasteiger partial charge in [0.25, 0.3) is 0 Å². The van der Waals surface area contributed by atoms with Gasteiger partial charge in [-0.05, 0) is 76.3 Å². The molecule has 0 spiro atoms. The zero-order valence-corrected chi connectivity index (χ0v) is 53.3. The van der Waals surface area contributed by atoms with Gasteiger partial charge in [-0.25, -0.2) is 9.59 Å². The number of carbonyl (C=O) groups excluding carboxylic acids is 10. The van der Waals surface area contributed by atoms with E-state index in [-0.39, 0.29) is 30.7 Å². The largest absolute Gasteiger partial charge is 0.529 e. The molecule has 482 valence electrons. The van der Waals surface area contributed by atoms with Gasteiger partial charge >= 0.3 is 12.2 Å². The first kappa shape index (κ1) is 85.6. The second-order valence-corrected chi connectivity index (χ2v) is 19.0. The van der Waals surface area contributed by atoms with Crippen molar-refractivity contribution >= 4 is 61.7 Å². The molecule has 0 rings (SSSR count). The van der Waals surface area contributed by atoms with Crippen molar-refractivity contribution in [2.45, 2.75) is 65.6 Å². The van der Waals surface area contributed by atoms with Crippen molar-refractivity contribution in [3.05, 3.63) is 0 Å². The normalized spacial score (nSPS) is 10.4. The van der Waals surface area contributed by atoms with Crippen molar-refractivity contribution < 1.29 is 85.8 Å². The van der Waals surface area contributed by atoms with Crippen molar-refractivity contribution in [2.75, 3.05) is 208 Å². The van der Waals surface area contributed by atoms with E-state index >= 15 is 0 Å². The number of amides is 8. The van der Waals surface area contributed by atoms with Gasteiger partial charge in [-0.2, -0.15) is 6.41 Å². The molecule has 0 aliphatic rings. The van der Waals surface area contributed by atoms with Gasteiger partial charge in [-0.15, -0.1) is 0 Å². The van der Waals surface area contributed by atoms with E-state index in [0.717, 1.165) is 6.29 Å². The van der Waals surface area contributed by atoms with Crippen LogP contribution in [0.2, 0.25) is 0 Å². The number of likely N-dealkylation sites (N-methyl/N-ethyl adjacent to an activating group) is 4. The molecular weight excluding hydrogens is 1310 g/mol. The summed E-state index contributed by atoms with van der Waals surface area (Å²) in [5.74, 6) is -0.188. The molecule has 0 aromatic heterocycles. The zero-order chi connectivity index (χ0) is 61.9. The summed E-state index contributed by atoms with van der Waals surface area (Å²) in [7, 11) is 13.7. The number of nitrogens with one attached hydrogen (secondary N) is 6. The van der Waals surface area contributed by atoms with Crippen molar-refractivity contribution in [3.8, 4) is 0 Å². The van der Waals surface area contributed by atoms with E-state index in [1.54, 1.807) is 42.9 Å². The minimum Gasteiger partial charge on any atom is -0.529 e. The summed E-state index contributed by atoms with van der Waals surface area (Å²) in [6.07, 6.45) is 3.81. The predicted octanol–water partition coefficient (Wildman–Crippen LogP) is -1.87. The first-order chi connectivity index (χ1) is 37.8. The predicted molar refractivity (Wildman–Crippen MR) is 301 cm³/mol. The zero-order valence-electron chi connectivity index (χ0n) is 50.9. The Morgan fingerprint density at radius 3 is 1.19 bits per heavy atom. The summed E-state index contributed by atoms with van der Waals surface area (Å²) in [4.78, 5) is 114. The molecule has 0 aromatic carbocycles. The van der Waals surface area contributed by atoms with E-state index in [4.69, 9.17) is 47.5 Å². The molecule has 0 aliphatic carbocycles. The minimum absolute atomic E-state index is 0. The third kappa shape index (κ3) is 77.6. The van der Waals surface area contributed by atoms with Crippen molar-refractivity contribution in [1.82, 2.24) is 56.4 Å². The Morgan fingerprint density at radius 2 is 0.852 bits per heavy atom. The van der Waals surface area contributed by atoms with E-state index in [0.29, 0.717) is 170 Å². The fraction of sp³-hybridized carbons (Fsp3) is 0.804. The Bertz CT molecular complexity index is 1520. The van der Waals surface area contributed by atoms with E-state index in [1.807, 2.05) is 69.7 Å². The maximum absolute atomic E-state index is 12.0. The quantitative estimate of drug-likeness (QED) is 0.0169. The number of carbonyl (C=O) groups is 9. The van der Waals surface area contributed by atoms with Crippen molar-refractivity contribution in [2.24, 2.45) is 0 Å². The minimum atomic E-state index is -0.576. The maximum Gasteiger partial charge on any atom is 0.407 e. The molecule has 0 atom stereocenters. The van der Waals surface area contributed by atoms with E-state index in [1.165, 1.54) is 11.3 Å². The number of hydrogen-bond acceptors (Lipinski definition) is 21. The third-order valence-electron chi connectivity index (χ3n) is 8.65. The first-order valence-electron chi connectivity index (χ1n) is 26.2. The fourth-order valence-corrected chi connectivity index (χ4v) is 4.91. The molecule has 0 bridgehead atoms. The Hall–Kier alpha value is -6.66. The summed E-state index contributed by atoms with van der Waals surface area (Å²) in [5.41, 5.74) is -1.15. The molecule has 81 heavy (non-hydrogen) atoms. The first-order valence-corrected chi connectivity index (χ1v) is 26.2. The van der Waals surface area contributed by atoms with E-state index < -0.39 is 23.4 Å². The van der Waals surface area contributed by atoms with Crippen LogP contribution in [0.4, 0.5) is 9.59 Å². The van der Waals surface area contributed by atoms with Crippen LogP contribution in [0.3, 0.4) is 0 Å². The Morgan fingerprint density at radius 1 is 0.481 bits per heavy atom. The third-order valence-corrected chi connectivity index (χ3v) is 8.65. The standard InChI is InChI=1S/C36H72N6O12.C7H14N2O2.C4H6NO2.2C2H5NO.Fm/c1-35(2,3)53-33(45)38-11-15-42(16-12-39-34(46)54-36(4,5)6)17-19-48-21-23-50-25-27-52-29-28-51-26-24-49-22-20-47-18-13-37-31(43)10-14-41(9)32(44)30-40(7)8;1-8(2)6-7(11)9(3)4-5-10;6-3-1-2-5-4-7;2*1-3-2-4;/h10-30H2,1-9H3,(H,37,43)(H,38,45)(H,39,46);5H,4,6H2,1-3H3;3H,1-2H2,(H,5,7);2*2H,1H3,(H,3,4);/q;;-1;;;. The SMILES string of the molecule is CN(C)CC(=O)N(C)CC=O.CN(C)CC(=O)N(C)CCC(=O)NCCOCCOCCOCCOCCOCCOCCN(CCNC(=O)OC(C)(C)C)CCNC(=O)OC(C)(C)C.CNC=O.CNC=O.O=[C-]NCCC=O.[Fm]. The van der Waals surface area contributed by atoms with Gasteiger partial charge in [0.2, 0.25) is 30.5 Å². The molecule has 0 aliphatic heterocycles. The number of alkyl carbamates (subject to hydrolysis) is 2. The molecule has 0 saturated carbocycles. The van der Waals surface area contributed by atoms with Gasteiger partial charge in [0.1, 0.15) is 23.8 Å². The molecule has 6 N–H and O–H groups in total. The Labute approximate surface area is 476 Å². The number of aldehydes is 2. The van der Waals surface area contributed by atoms with E-state index in [2.05, 4.69) is 36.8 Å². The van der Waals surface area contributed by atoms with Crippen LogP contribution >= 0.6 is 0 Å². The summed E-state index contributed by atoms with van der Waals surface area (Å²) in [6.45, 7) is 20.5. The van der Waals surface area contributed by atoms with Gasteiger partial charge in [0, 0.05) is 86.8 Å². The number of hydrogen-bond donors (Lipinski definition) is 6. The average molecular weight is 1410 g/mol. The van der Waals surface area contributed by atoms with Crippen LogP contribution in [-0.4, -0.2) is 305 Å². The smallest absolute Gasteiger partial charge is 0.407 e. The van der Waals surface area contributed by atoms with Crippen LogP contribution in [0.5, 0.6) is 0 Å². The summed E-state index contributed by atoms with van der Waals surface area (Å²) in [6, 6.07) is 0. The average Bonchev–Trinajstić information content (AvgIpc) is 3.37. The number of nitrogens with zero attached hydrogens (tertiary/aromatic N) is 5. The number of ether oxygens (including phenoxy) is 8. The monoisotopic (exact) mass is 1410 g/mol. The summed E-state index contributed by atoms with van der Waals surface area (Å²) in [5, 5.41) is 15.0. The molecule has 30 heteroatoms. The van der Waals surface area contributed by atoms with E-state index in [9.17, 15) is 38.4 Å². The van der Waals surface area contributed by atoms with Crippen LogP contribution in [0, 0.1) is 0 Å². The molecule has 0 aromatic rings. The van der Waals surface area contributed by atoms with Crippen LogP contribution in [0.1, 0.15) is 54.4 Å². The molecule has 0 unspecified atom stereocenters. The fourth-order valence-electron chi connectivity index (χ4n) is 4.91. The molecule has 0 radical (unpaired) electrons. The van der Waals surface area contributed by atoms with Crippen molar-refractivity contribution in [1.29, 1.82) is 0 Å². The maximum atomic E-state index is 12.0. The van der Waals surface area contributed by atoms with Gasteiger partial charge < -0.3 is 104 Å². The molecule has 8 amide bonds. The van der Waals surface area contributed by atoms with Gasteiger partial charge in [-0.1, -0.05) is 0 Å². The second kappa shape index (κ2) is 61.0. The van der Waals surface area contributed by atoms with Crippen LogP contribution in [-0.2, 0) is 76.3 Å². The molecule has 0 fully saturated rings. The summed E-state index contributed by atoms with van der Waals surface area (Å²) >= 11 is 0. The van der Waals surface area contributed by atoms with Crippen LogP contribution < -0.4 is 31.9 Å². The summed E-state index contributed by atoms with van der Waals surface area (Å²) < 4.78 is 43.8. The number of rotatable bonds is 42. The van der Waals surface area contributed by atoms with Gasteiger partial charge in [0.05, 0.1) is 98.9 Å². The Balaban J connectivity index is -0.000000425. The molecule has 0 heterocycles. The Kier molecular flexibility index (Phi) is 64.4. The van der Waals surface area contributed by atoms with Gasteiger partial charge in [-0.3, -0.25) is 28.9 Å². The van der Waals surface area contributed by atoms with Crippen LogP contribution in [0.15, 0.2) is 0 Å². The second-order valence-electron chi connectivity index (χ2n) is 19.0. The topological polar surface area (TPSA) is 333 Å². The molecular formula is C51H102FmN11O18-. The molecule has 0 saturated heterocycles. The molecule has 29 nitrogen and oxygen atoms in total. The van der Waals surface area contributed by atoms with Gasteiger partial charge in [0.15, 0.2) is 0 Å². The van der Waals surface area contributed by atoms with Crippen LogP contribution in [0.25, 0.3) is 0 Å². The van der Waals surface area contributed by atoms with Crippen molar-refractivity contribution in [3.63, 3.8) is 0 Å².